The fourth-order valence-electron chi connectivity index (χ4n) is 2.38. The zero-order chi connectivity index (χ0) is 19.3. The average molecular weight is 376 g/mol. The van der Waals surface area contributed by atoms with Gasteiger partial charge in [0.2, 0.25) is 5.95 Å². The van der Waals surface area contributed by atoms with Crippen molar-refractivity contribution in [1.29, 1.82) is 0 Å². The van der Waals surface area contributed by atoms with E-state index in [1.807, 2.05) is 33.8 Å². The van der Waals surface area contributed by atoms with E-state index >= 15 is 0 Å². The Kier molecular flexibility index (Phi) is 6.52. The maximum Gasteiger partial charge on any atom is 0.261 e. The number of nitrogens with one attached hydrogen (secondary N) is 3. The minimum Gasteiger partial charge on any atom is -0.340 e. The Labute approximate surface area is 157 Å². The van der Waals surface area contributed by atoms with Crippen molar-refractivity contribution in [3.05, 3.63) is 52.3 Å². The molecule has 2 aromatic rings. The molecule has 0 aliphatic heterocycles. The van der Waals surface area contributed by atoms with Crippen LogP contribution in [0.3, 0.4) is 0 Å². The van der Waals surface area contributed by atoms with Crippen LogP contribution in [0.25, 0.3) is 0 Å². The molecule has 0 unspecified atom stereocenters. The summed E-state index contributed by atoms with van der Waals surface area (Å²) in [5, 5.41) is 3.04. The maximum absolute atomic E-state index is 12.5. The lowest BCUT2D eigenvalue weighted by molar-refractivity contribution is -0.123. The van der Waals surface area contributed by atoms with Crippen molar-refractivity contribution in [1.82, 2.24) is 20.7 Å². The highest BCUT2D eigenvalue weighted by molar-refractivity contribution is 6.33. The molecule has 1 aromatic heterocycles. The van der Waals surface area contributed by atoms with Crippen molar-refractivity contribution in [2.24, 2.45) is 5.92 Å². The number of amides is 2. The van der Waals surface area contributed by atoms with Gasteiger partial charge in [-0.3, -0.25) is 20.4 Å². The van der Waals surface area contributed by atoms with E-state index in [4.69, 9.17) is 11.6 Å². The normalized spacial score (nSPS) is 11.8. The molecule has 0 saturated carbocycles. The molecule has 1 heterocycles. The third-order valence-corrected chi connectivity index (χ3v) is 3.96. The summed E-state index contributed by atoms with van der Waals surface area (Å²) in [4.78, 5) is 33.3. The second-order valence-corrected chi connectivity index (χ2v) is 6.67. The van der Waals surface area contributed by atoms with E-state index in [0.29, 0.717) is 10.6 Å². The molecule has 1 atom stereocenters. The minimum absolute atomic E-state index is 0.136. The van der Waals surface area contributed by atoms with E-state index in [0.717, 1.165) is 11.4 Å². The van der Waals surface area contributed by atoms with Gasteiger partial charge in [0.1, 0.15) is 6.04 Å². The largest absolute Gasteiger partial charge is 0.340 e. The molecule has 0 aliphatic carbocycles. The molecule has 0 aliphatic rings. The van der Waals surface area contributed by atoms with Crippen LogP contribution in [0.5, 0.6) is 0 Å². The van der Waals surface area contributed by atoms with Gasteiger partial charge in [0.25, 0.3) is 11.8 Å². The number of halogens is 1. The van der Waals surface area contributed by atoms with Gasteiger partial charge in [-0.1, -0.05) is 37.6 Å². The predicted molar refractivity (Wildman–Crippen MR) is 101 cm³/mol. The molecule has 0 bridgehead atoms. The number of hydrogen-bond acceptors (Lipinski definition) is 5. The summed E-state index contributed by atoms with van der Waals surface area (Å²) in [6.45, 7) is 7.35. The molecule has 7 nitrogen and oxygen atoms in total. The number of hydrazine groups is 1. The summed E-state index contributed by atoms with van der Waals surface area (Å²) in [6.07, 6.45) is 0. The van der Waals surface area contributed by atoms with E-state index in [9.17, 15) is 9.59 Å². The first kappa shape index (κ1) is 19.7. The molecule has 0 radical (unpaired) electrons. The Hall–Kier alpha value is -2.67. The Bertz CT molecular complexity index is 790. The van der Waals surface area contributed by atoms with Gasteiger partial charge in [-0.05, 0) is 38.0 Å². The molecule has 2 amide bonds. The molecule has 0 saturated heterocycles. The Balaban J connectivity index is 2.05. The van der Waals surface area contributed by atoms with E-state index in [1.165, 1.54) is 0 Å². The summed E-state index contributed by atoms with van der Waals surface area (Å²) in [5.74, 6) is -0.658. The van der Waals surface area contributed by atoms with Gasteiger partial charge < -0.3 is 5.32 Å². The second kappa shape index (κ2) is 8.62. The van der Waals surface area contributed by atoms with Gasteiger partial charge in [-0.15, -0.1) is 0 Å². The van der Waals surface area contributed by atoms with Crippen molar-refractivity contribution in [2.75, 3.05) is 5.43 Å². The monoisotopic (exact) mass is 375 g/mol. The van der Waals surface area contributed by atoms with Crippen LogP contribution < -0.4 is 16.2 Å². The van der Waals surface area contributed by atoms with E-state index < -0.39 is 17.9 Å². The first-order valence-electron chi connectivity index (χ1n) is 8.21. The number of hydrogen-bond donors (Lipinski definition) is 3. The summed E-state index contributed by atoms with van der Waals surface area (Å²) < 4.78 is 0. The van der Waals surface area contributed by atoms with Crippen molar-refractivity contribution < 1.29 is 9.59 Å². The standard InChI is InChI=1S/C18H22ClN5O2/c1-10(2)15(22-16(25)13-7-5-6-8-14(13)19)17(26)23-24-18-20-11(3)9-12(4)21-18/h5-10,15H,1-4H3,(H,22,25)(H,23,26)(H,20,21,24)/t15-/m1/s1. The van der Waals surface area contributed by atoms with Gasteiger partial charge in [0.05, 0.1) is 10.6 Å². The van der Waals surface area contributed by atoms with Gasteiger partial charge >= 0.3 is 0 Å². The predicted octanol–water partition coefficient (Wildman–Crippen LogP) is 2.64. The van der Waals surface area contributed by atoms with E-state index in [1.54, 1.807) is 24.3 Å². The lowest BCUT2D eigenvalue weighted by Gasteiger charge is -2.22. The average Bonchev–Trinajstić information content (AvgIpc) is 2.56. The van der Waals surface area contributed by atoms with Crippen molar-refractivity contribution >= 4 is 29.4 Å². The van der Waals surface area contributed by atoms with Crippen molar-refractivity contribution in [2.45, 2.75) is 33.7 Å². The molecule has 1 aromatic carbocycles. The van der Waals surface area contributed by atoms with Gasteiger partial charge in [-0.2, -0.15) is 0 Å². The second-order valence-electron chi connectivity index (χ2n) is 6.26. The minimum atomic E-state index is -0.753. The third-order valence-electron chi connectivity index (χ3n) is 3.63. The molecule has 0 spiro atoms. The summed E-state index contributed by atoms with van der Waals surface area (Å²) in [7, 11) is 0. The summed E-state index contributed by atoms with van der Waals surface area (Å²) in [6, 6.07) is 7.75. The highest BCUT2D eigenvalue weighted by Gasteiger charge is 2.25. The highest BCUT2D eigenvalue weighted by Crippen LogP contribution is 2.15. The van der Waals surface area contributed by atoms with Crippen LogP contribution in [0.2, 0.25) is 5.02 Å². The topological polar surface area (TPSA) is 96.0 Å². The lowest BCUT2D eigenvalue weighted by atomic mass is 10.0. The molecular weight excluding hydrogens is 354 g/mol. The number of rotatable bonds is 6. The molecule has 0 fully saturated rings. The number of nitrogens with zero attached hydrogens (tertiary/aromatic N) is 2. The number of anilines is 1. The van der Waals surface area contributed by atoms with Gasteiger partial charge in [-0.25, -0.2) is 9.97 Å². The molecule has 138 valence electrons. The first-order chi connectivity index (χ1) is 12.3. The van der Waals surface area contributed by atoms with Crippen LogP contribution in [0.1, 0.15) is 35.6 Å². The van der Waals surface area contributed by atoms with Crippen LogP contribution in [0.4, 0.5) is 5.95 Å². The number of carbonyl (C=O) groups excluding carboxylic acids is 2. The van der Waals surface area contributed by atoms with Crippen LogP contribution in [-0.2, 0) is 4.79 Å². The van der Waals surface area contributed by atoms with E-state index in [-0.39, 0.29) is 11.9 Å². The highest BCUT2D eigenvalue weighted by atomic mass is 35.5. The fraction of sp³-hybridized carbons (Fsp3) is 0.333. The molecule has 2 rings (SSSR count). The van der Waals surface area contributed by atoms with E-state index in [2.05, 4.69) is 26.1 Å². The Morgan fingerprint density at radius 1 is 1.08 bits per heavy atom. The van der Waals surface area contributed by atoms with Crippen LogP contribution in [0, 0.1) is 19.8 Å². The quantitative estimate of drug-likeness (QED) is 0.674. The number of aromatic nitrogens is 2. The first-order valence-corrected chi connectivity index (χ1v) is 8.59. The maximum atomic E-state index is 12.5. The molecule has 3 N–H and O–H groups in total. The van der Waals surface area contributed by atoms with Crippen LogP contribution in [-0.4, -0.2) is 27.8 Å². The smallest absolute Gasteiger partial charge is 0.261 e. The Morgan fingerprint density at radius 2 is 1.69 bits per heavy atom. The fourth-order valence-corrected chi connectivity index (χ4v) is 2.60. The Morgan fingerprint density at radius 3 is 2.27 bits per heavy atom. The number of carbonyl (C=O) groups is 2. The van der Waals surface area contributed by atoms with Gasteiger partial charge in [0.15, 0.2) is 0 Å². The van der Waals surface area contributed by atoms with Crippen molar-refractivity contribution in [3.63, 3.8) is 0 Å². The number of aryl methyl sites for hydroxylation is 2. The van der Waals surface area contributed by atoms with Crippen molar-refractivity contribution in [3.8, 4) is 0 Å². The molecular formula is C18H22ClN5O2. The molecule has 8 heteroatoms. The van der Waals surface area contributed by atoms with Crippen LogP contribution >= 0.6 is 11.6 Å². The molecule has 26 heavy (non-hydrogen) atoms. The number of benzene rings is 1. The third kappa shape index (κ3) is 5.16. The summed E-state index contributed by atoms with van der Waals surface area (Å²) in [5.41, 5.74) is 7.11. The zero-order valence-electron chi connectivity index (χ0n) is 15.1. The summed E-state index contributed by atoms with van der Waals surface area (Å²) >= 11 is 6.04. The lowest BCUT2D eigenvalue weighted by Crippen LogP contribution is -2.51. The van der Waals surface area contributed by atoms with Gasteiger partial charge in [0, 0.05) is 11.4 Å². The SMILES string of the molecule is Cc1cc(C)nc(NNC(=O)[C@H](NC(=O)c2ccccc2Cl)C(C)C)n1. The van der Waals surface area contributed by atoms with Crippen LogP contribution in [0.15, 0.2) is 30.3 Å². The zero-order valence-corrected chi connectivity index (χ0v) is 15.9.